The lowest BCUT2D eigenvalue weighted by atomic mass is 10.2. The van der Waals surface area contributed by atoms with Gasteiger partial charge >= 0.3 is 0 Å². The van der Waals surface area contributed by atoms with Crippen LogP contribution in [0, 0.1) is 6.92 Å². The number of fused-ring (bicyclic) bond motifs is 1. The maximum absolute atomic E-state index is 12.2. The van der Waals surface area contributed by atoms with Gasteiger partial charge < -0.3 is 9.55 Å². The second-order valence-electron chi connectivity index (χ2n) is 5.46. The van der Waals surface area contributed by atoms with Crippen molar-refractivity contribution in [2.24, 2.45) is 0 Å². The van der Waals surface area contributed by atoms with E-state index in [1.807, 2.05) is 19.9 Å². The Balaban J connectivity index is 1.72. The molecule has 0 aliphatic heterocycles. The van der Waals surface area contributed by atoms with E-state index in [9.17, 15) is 14.4 Å². The van der Waals surface area contributed by atoms with Gasteiger partial charge in [0.15, 0.2) is 0 Å². The highest BCUT2D eigenvalue weighted by atomic mass is 16.2. The number of hydrogen-bond acceptors (Lipinski definition) is 4. The van der Waals surface area contributed by atoms with Crippen LogP contribution >= 0.6 is 0 Å². The molecule has 0 aliphatic carbocycles. The zero-order valence-corrected chi connectivity index (χ0v) is 13.8. The number of pyridine rings is 1. The van der Waals surface area contributed by atoms with Crippen molar-refractivity contribution >= 4 is 22.8 Å². The number of carbonyl (C=O) groups excluding carboxylic acids is 2. The summed E-state index contributed by atoms with van der Waals surface area (Å²) in [6, 6.07) is 7.79. The van der Waals surface area contributed by atoms with E-state index in [1.165, 1.54) is 18.3 Å². The van der Waals surface area contributed by atoms with E-state index in [0.29, 0.717) is 5.56 Å². The Hall–Kier alpha value is -3.42. The summed E-state index contributed by atoms with van der Waals surface area (Å²) in [6.07, 6.45) is 1.27. The molecule has 0 fully saturated rings. The van der Waals surface area contributed by atoms with E-state index in [4.69, 9.17) is 0 Å². The molecule has 3 rings (SSSR count). The molecule has 3 N–H and O–H groups in total. The standard InChI is InChI=1S/C17H17N5O3/c1-3-22-10(2)19-13-8-11(4-6-14(13)22)16(24)20-21-17(25)12-5-7-15(23)18-9-12/h4-9H,3H2,1-2H3,(H,18,23)(H,20,24)(H,21,25). The first kappa shape index (κ1) is 16.4. The Labute approximate surface area is 142 Å². The van der Waals surface area contributed by atoms with Crippen LogP contribution in [0.5, 0.6) is 0 Å². The van der Waals surface area contributed by atoms with Gasteiger partial charge in [0.05, 0.1) is 16.6 Å². The molecule has 2 amide bonds. The largest absolute Gasteiger partial charge is 0.329 e. The minimum Gasteiger partial charge on any atom is -0.329 e. The molecule has 0 spiro atoms. The third kappa shape index (κ3) is 3.27. The first-order valence-corrected chi connectivity index (χ1v) is 7.76. The van der Waals surface area contributed by atoms with Crippen LogP contribution in [0.2, 0.25) is 0 Å². The minimum atomic E-state index is -0.531. The van der Waals surface area contributed by atoms with Gasteiger partial charge in [-0.1, -0.05) is 0 Å². The highest BCUT2D eigenvalue weighted by Crippen LogP contribution is 2.17. The molecular weight excluding hydrogens is 322 g/mol. The maximum atomic E-state index is 12.2. The molecule has 1 aromatic carbocycles. The van der Waals surface area contributed by atoms with Crippen LogP contribution in [-0.2, 0) is 6.54 Å². The lowest BCUT2D eigenvalue weighted by molar-refractivity contribution is 0.0846. The van der Waals surface area contributed by atoms with Gasteiger partial charge in [-0.15, -0.1) is 0 Å². The van der Waals surface area contributed by atoms with Gasteiger partial charge in [0.2, 0.25) is 5.56 Å². The Morgan fingerprint density at radius 1 is 1.12 bits per heavy atom. The number of hydrogen-bond donors (Lipinski definition) is 3. The van der Waals surface area contributed by atoms with Crippen LogP contribution in [0.4, 0.5) is 0 Å². The van der Waals surface area contributed by atoms with Crippen molar-refractivity contribution in [3.63, 3.8) is 0 Å². The predicted molar refractivity (Wildman–Crippen MR) is 92.1 cm³/mol. The van der Waals surface area contributed by atoms with Crippen molar-refractivity contribution < 1.29 is 9.59 Å². The predicted octanol–water partition coefficient (Wildman–Crippen LogP) is 1.13. The smallest absolute Gasteiger partial charge is 0.271 e. The number of amides is 2. The first-order chi connectivity index (χ1) is 12.0. The highest BCUT2D eigenvalue weighted by Gasteiger charge is 2.12. The number of nitrogens with one attached hydrogen (secondary N) is 3. The third-order valence-electron chi connectivity index (χ3n) is 3.85. The lowest BCUT2D eigenvalue weighted by Gasteiger charge is -2.07. The van der Waals surface area contributed by atoms with Crippen LogP contribution in [0.15, 0.2) is 41.3 Å². The van der Waals surface area contributed by atoms with Crippen molar-refractivity contribution in [3.05, 3.63) is 63.8 Å². The van der Waals surface area contributed by atoms with E-state index < -0.39 is 11.8 Å². The van der Waals surface area contributed by atoms with E-state index in [1.54, 1.807) is 12.1 Å². The molecule has 2 aromatic heterocycles. The minimum absolute atomic E-state index is 0.229. The monoisotopic (exact) mass is 339 g/mol. The van der Waals surface area contributed by atoms with Gasteiger partial charge in [-0.2, -0.15) is 0 Å². The average Bonchev–Trinajstić information content (AvgIpc) is 2.93. The van der Waals surface area contributed by atoms with Gasteiger partial charge in [-0.3, -0.25) is 25.2 Å². The number of rotatable bonds is 3. The molecule has 3 aromatic rings. The van der Waals surface area contributed by atoms with E-state index in [0.717, 1.165) is 23.4 Å². The Kier molecular flexibility index (Phi) is 4.34. The van der Waals surface area contributed by atoms with Gasteiger partial charge in [0.25, 0.3) is 11.8 Å². The fourth-order valence-corrected chi connectivity index (χ4v) is 2.60. The fraction of sp³-hybridized carbons (Fsp3) is 0.176. The number of H-pyrrole nitrogens is 1. The number of aromatic amines is 1. The molecular formula is C17H17N5O3. The first-order valence-electron chi connectivity index (χ1n) is 7.76. The summed E-state index contributed by atoms with van der Waals surface area (Å²) >= 11 is 0. The van der Waals surface area contributed by atoms with Crippen molar-refractivity contribution in [1.29, 1.82) is 0 Å². The summed E-state index contributed by atoms with van der Waals surface area (Å²) in [7, 11) is 0. The van der Waals surface area contributed by atoms with Crippen LogP contribution in [-0.4, -0.2) is 26.3 Å². The van der Waals surface area contributed by atoms with Crippen LogP contribution in [0.25, 0.3) is 11.0 Å². The van der Waals surface area contributed by atoms with Gasteiger partial charge in [0.1, 0.15) is 5.82 Å². The van der Waals surface area contributed by atoms with Crippen molar-refractivity contribution in [2.45, 2.75) is 20.4 Å². The molecule has 128 valence electrons. The summed E-state index contributed by atoms with van der Waals surface area (Å²) in [5.74, 6) is -0.110. The average molecular weight is 339 g/mol. The van der Waals surface area contributed by atoms with Crippen molar-refractivity contribution in [3.8, 4) is 0 Å². The molecule has 0 saturated carbocycles. The maximum Gasteiger partial charge on any atom is 0.271 e. The lowest BCUT2D eigenvalue weighted by Crippen LogP contribution is -2.41. The highest BCUT2D eigenvalue weighted by molar-refractivity contribution is 6.00. The molecule has 2 heterocycles. The summed E-state index contributed by atoms with van der Waals surface area (Å²) in [6.45, 7) is 4.73. The second kappa shape index (κ2) is 6.60. The van der Waals surface area contributed by atoms with Crippen LogP contribution in [0.3, 0.4) is 0 Å². The third-order valence-corrected chi connectivity index (χ3v) is 3.85. The Morgan fingerprint density at radius 2 is 1.80 bits per heavy atom. The molecule has 0 saturated heterocycles. The number of nitrogens with zero attached hydrogens (tertiary/aromatic N) is 2. The SMILES string of the molecule is CCn1c(C)nc2cc(C(=O)NNC(=O)c3ccc(=O)[nH]c3)ccc21. The zero-order valence-electron chi connectivity index (χ0n) is 13.8. The molecule has 0 atom stereocenters. The van der Waals surface area contributed by atoms with Gasteiger partial charge in [-0.05, 0) is 38.1 Å². The molecule has 0 bridgehead atoms. The normalized spacial score (nSPS) is 10.6. The summed E-state index contributed by atoms with van der Waals surface area (Å²) < 4.78 is 2.05. The number of hydrazine groups is 1. The van der Waals surface area contributed by atoms with Gasteiger partial charge in [-0.25, -0.2) is 4.98 Å². The molecule has 0 unspecified atom stereocenters. The Morgan fingerprint density at radius 3 is 2.44 bits per heavy atom. The number of benzene rings is 1. The summed E-state index contributed by atoms with van der Waals surface area (Å²) in [5.41, 5.74) is 6.63. The topological polar surface area (TPSA) is 109 Å². The number of imidazole rings is 1. The quantitative estimate of drug-likeness (QED) is 0.621. The van der Waals surface area contributed by atoms with Gasteiger partial charge in [0, 0.05) is 24.4 Å². The van der Waals surface area contributed by atoms with Crippen molar-refractivity contribution in [1.82, 2.24) is 25.4 Å². The second-order valence-corrected chi connectivity index (χ2v) is 5.46. The summed E-state index contributed by atoms with van der Waals surface area (Å²) in [4.78, 5) is 42.0. The Bertz CT molecular complexity index is 998. The number of carbonyl (C=O) groups is 2. The molecule has 0 radical (unpaired) electrons. The molecule has 8 heteroatoms. The molecule has 25 heavy (non-hydrogen) atoms. The van der Waals surface area contributed by atoms with E-state index in [-0.39, 0.29) is 11.1 Å². The molecule has 8 nitrogen and oxygen atoms in total. The summed E-state index contributed by atoms with van der Waals surface area (Å²) in [5, 5.41) is 0. The van der Waals surface area contributed by atoms with Crippen LogP contribution < -0.4 is 16.4 Å². The molecule has 0 aliphatic rings. The van der Waals surface area contributed by atoms with E-state index >= 15 is 0 Å². The fourth-order valence-electron chi connectivity index (χ4n) is 2.60. The van der Waals surface area contributed by atoms with Crippen LogP contribution in [0.1, 0.15) is 33.5 Å². The van der Waals surface area contributed by atoms with E-state index in [2.05, 4.69) is 25.4 Å². The number of aromatic nitrogens is 3. The van der Waals surface area contributed by atoms with Crippen molar-refractivity contribution in [2.75, 3.05) is 0 Å². The zero-order chi connectivity index (χ0) is 18.0. The number of aryl methyl sites for hydroxylation is 2.